The van der Waals surface area contributed by atoms with Crippen molar-refractivity contribution in [3.8, 4) is 0 Å². The zero-order chi connectivity index (χ0) is 17.6. The molecule has 2 atom stereocenters. The number of halogens is 4. The SMILES string of the molecule is CC[C@@H](C)[C@@H](C(=O)[O-])N1C(=O)c2c(Cl)c(Cl)c(Cl)c(Cl)c2C1=O. The van der Waals surface area contributed by atoms with E-state index in [0.29, 0.717) is 11.3 Å². The maximum absolute atomic E-state index is 12.6. The Morgan fingerprint density at radius 2 is 1.39 bits per heavy atom. The highest BCUT2D eigenvalue weighted by molar-refractivity contribution is 6.55. The van der Waals surface area contributed by atoms with Gasteiger partial charge in [-0.25, -0.2) is 0 Å². The maximum Gasteiger partial charge on any atom is 0.263 e. The number of carboxylic acids is 1. The average Bonchev–Trinajstić information content (AvgIpc) is 2.75. The van der Waals surface area contributed by atoms with Crippen LogP contribution in [0, 0.1) is 5.92 Å². The Morgan fingerprint density at radius 1 is 1.00 bits per heavy atom. The quantitative estimate of drug-likeness (QED) is 0.444. The zero-order valence-electron chi connectivity index (χ0n) is 12.0. The topological polar surface area (TPSA) is 77.5 Å². The molecule has 124 valence electrons. The van der Waals surface area contributed by atoms with E-state index in [1.807, 2.05) is 0 Å². The summed E-state index contributed by atoms with van der Waals surface area (Å²) < 4.78 is 0. The molecule has 1 aromatic carbocycles. The van der Waals surface area contributed by atoms with Gasteiger partial charge in [0.05, 0.1) is 43.2 Å². The summed E-state index contributed by atoms with van der Waals surface area (Å²) in [6, 6.07) is -1.45. The van der Waals surface area contributed by atoms with E-state index in [1.165, 1.54) is 0 Å². The minimum atomic E-state index is -1.54. The standard InChI is InChI=1S/C14H11Cl4NO4/c1-3-4(2)11(14(22)23)19-12(20)5-6(13(19)21)8(16)10(18)9(17)7(5)15/h4,11H,3H2,1-2H3,(H,22,23)/p-1/t4-,11+/m1/s1. The largest absolute Gasteiger partial charge is 0.548 e. The first-order valence-corrected chi connectivity index (χ1v) is 8.10. The fourth-order valence-electron chi connectivity index (χ4n) is 2.43. The van der Waals surface area contributed by atoms with Crippen LogP contribution in [0.4, 0.5) is 0 Å². The Morgan fingerprint density at radius 3 is 1.70 bits per heavy atom. The van der Waals surface area contributed by atoms with Crippen LogP contribution in [0.15, 0.2) is 0 Å². The Balaban J connectivity index is 2.69. The average molecular weight is 398 g/mol. The van der Waals surface area contributed by atoms with E-state index in [1.54, 1.807) is 13.8 Å². The van der Waals surface area contributed by atoms with E-state index in [-0.39, 0.29) is 31.2 Å². The third kappa shape index (κ3) is 2.70. The number of carbonyl (C=O) groups excluding carboxylic acids is 3. The van der Waals surface area contributed by atoms with Crippen LogP contribution in [0.2, 0.25) is 20.1 Å². The van der Waals surface area contributed by atoms with E-state index >= 15 is 0 Å². The van der Waals surface area contributed by atoms with E-state index < -0.39 is 29.7 Å². The van der Waals surface area contributed by atoms with Gasteiger partial charge in [-0.1, -0.05) is 66.7 Å². The highest BCUT2D eigenvalue weighted by atomic mass is 35.5. The molecule has 0 N–H and O–H groups in total. The Hall–Kier alpha value is -1.01. The van der Waals surface area contributed by atoms with Crippen LogP contribution in [0.25, 0.3) is 0 Å². The van der Waals surface area contributed by atoms with Crippen LogP contribution >= 0.6 is 46.4 Å². The summed E-state index contributed by atoms with van der Waals surface area (Å²) >= 11 is 23.8. The van der Waals surface area contributed by atoms with Gasteiger partial charge in [0.2, 0.25) is 0 Å². The van der Waals surface area contributed by atoms with E-state index in [0.717, 1.165) is 0 Å². The Bertz CT molecular complexity index is 687. The third-order valence-corrected chi connectivity index (χ3v) is 5.64. The molecule has 0 fully saturated rings. The van der Waals surface area contributed by atoms with E-state index in [4.69, 9.17) is 46.4 Å². The van der Waals surface area contributed by atoms with Gasteiger partial charge in [0.15, 0.2) is 0 Å². The van der Waals surface area contributed by atoms with Crippen LogP contribution in [0.1, 0.15) is 41.0 Å². The lowest BCUT2D eigenvalue weighted by atomic mass is 9.98. The van der Waals surface area contributed by atoms with Gasteiger partial charge in [-0.05, 0) is 5.92 Å². The van der Waals surface area contributed by atoms with Gasteiger partial charge in [0.25, 0.3) is 11.8 Å². The molecule has 1 heterocycles. The van der Waals surface area contributed by atoms with E-state index in [9.17, 15) is 19.5 Å². The number of amides is 2. The van der Waals surface area contributed by atoms with E-state index in [2.05, 4.69) is 0 Å². The summed E-state index contributed by atoms with van der Waals surface area (Å²) in [6.07, 6.45) is 0.412. The van der Waals surface area contributed by atoms with Gasteiger partial charge < -0.3 is 9.90 Å². The molecule has 2 rings (SSSR count). The molecular formula is C14H10Cl4NO4-. The van der Waals surface area contributed by atoms with Crippen LogP contribution in [0.3, 0.4) is 0 Å². The van der Waals surface area contributed by atoms with Crippen molar-refractivity contribution < 1.29 is 19.5 Å². The Labute approximate surface area is 152 Å². The molecule has 0 saturated carbocycles. The molecule has 0 aliphatic carbocycles. The van der Waals surface area contributed by atoms with Crippen molar-refractivity contribution in [3.63, 3.8) is 0 Å². The smallest absolute Gasteiger partial charge is 0.263 e. The number of imide groups is 1. The molecule has 9 heteroatoms. The van der Waals surface area contributed by atoms with Gasteiger partial charge in [-0.15, -0.1) is 0 Å². The highest BCUT2D eigenvalue weighted by Gasteiger charge is 2.46. The second kappa shape index (κ2) is 6.48. The Kier molecular flexibility index (Phi) is 5.16. The lowest BCUT2D eigenvalue weighted by Crippen LogP contribution is -2.53. The maximum atomic E-state index is 12.6. The van der Waals surface area contributed by atoms with Gasteiger partial charge in [-0.3, -0.25) is 14.5 Å². The number of aliphatic carboxylic acids is 1. The van der Waals surface area contributed by atoms with Crippen molar-refractivity contribution in [1.29, 1.82) is 0 Å². The molecule has 1 aliphatic heterocycles. The number of hydrogen-bond acceptors (Lipinski definition) is 4. The molecule has 0 radical (unpaired) electrons. The lowest BCUT2D eigenvalue weighted by molar-refractivity contribution is -0.311. The number of hydrogen-bond donors (Lipinski definition) is 0. The van der Waals surface area contributed by atoms with Gasteiger partial charge in [0.1, 0.15) is 0 Å². The molecule has 0 saturated heterocycles. The van der Waals surface area contributed by atoms with Crippen molar-refractivity contribution in [3.05, 3.63) is 31.2 Å². The number of rotatable bonds is 4. The molecule has 0 spiro atoms. The molecule has 0 unspecified atom stereocenters. The fraction of sp³-hybridized carbons (Fsp3) is 0.357. The van der Waals surface area contributed by atoms with Crippen molar-refractivity contribution in [2.45, 2.75) is 26.3 Å². The minimum absolute atomic E-state index is 0.173. The highest BCUT2D eigenvalue weighted by Crippen LogP contribution is 2.45. The predicted octanol–water partition coefficient (Wildman–Crippen LogP) is 3.06. The summed E-state index contributed by atoms with van der Waals surface area (Å²) in [5, 5.41) is 10.6. The number of fused-ring (bicyclic) bond motifs is 1. The van der Waals surface area contributed by atoms with Gasteiger partial charge >= 0.3 is 0 Å². The molecule has 23 heavy (non-hydrogen) atoms. The summed E-state index contributed by atoms with van der Waals surface area (Å²) in [5.74, 6) is -3.83. The van der Waals surface area contributed by atoms with Crippen LogP contribution in [-0.4, -0.2) is 28.7 Å². The number of carbonyl (C=O) groups is 3. The normalized spacial score (nSPS) is 16.5. The molecule has 1 aliphatic rings. The number of carboxylic acid groups (broad SMARTS) is 1. The minimum Gasteiger partial charge on any atom is -0.548 e. The first-order chi connectivity index (χ1) is 10.6. The fourth-order valence-corrected chi connectivity index (χ4v) is 3.45. The second-order valence-corrected chi connectivity index (χ2v) is 6.65. The van der Waals surface area contributed by atoms with Gasteiger partial charge in [-0.2, -0.15) is 0 Å². The second-order valence-electron chi connectivity index (χ2n) is 5.14. The summed E-state index contributed by atoms with van der Waals surface area (Å²) in [6.45, 7) is 3.32. The molecule has 0 aromatic heterocycles. The monoisotopic (exact) mass is 396 g/mol. The summed E-state index contributed by atoms with van der Waals surface area (Å²) in [5.41, 5.74) is -0.490. The van der Waals surface area contributed by atoms with Crippen LogP contribution < -0.4 is 5.11 Å². The molecule has 5 nitrogen and oxygen atoms in total. The summed E-state index contributed by atoms with van der Waals surface area (Å²) in [7, 11) is 0. The van der Waals surface area contributed by atoms with Gasteiger partial charge in [0, 0.05) is 0 Å². The van der Waals surface area contributed by atoms with Crippen LogP contribution in [-0.2, 0) is 4.79 Å². The van der Waals surface area contributed by atoms with Crippen molar-refractivity contribution in [2.24, 2.45) is 5.92 Å². The molecule has 1 aromatic rings. The predicted molar refractivity (Wildman–Crippen MR) is 85.2 cm³/mol. The van der Waals surface area contributed by atoms with Crippen LogP contribution in [0.5, 0.6) is 0 Å². The first kappa shape index (κ1) is 18.3. The third-order valence-electron chi connectivity index (χ3n) is 3.84. The molecule has 2 amide bonds. The van der Waals surface area contributed by atoms with Crippen molar-refractivity contribution in [2.75, 3.05) is 0 Å². The zero-order valence-corrected chi connectivity index (χ0v) is 15.0. The lowest BCUT2D eigenvalue weighted by Gasteiger charge is -2.31. The molecular weight excluding hydrogens is 388 g/mol. The molecule has 0 bridgehead atoms. The van der Waals surface area contributed by atoms with Crippen molar-refractivity contribution >= 4 is 64.2 Å². The first-order valence-electron chi connectivity index (χ1n) is 6.59. The number of benzene rings is 1. The number of nitrogens with zero attached hydrogens (tertiary/aromatic N) is 1. The summed E-state index contributed by atoms with van der Waals surface area (Å²) in [4.78, 5) is 37.2. The van der Waals surface area contributed by atoms with Crippen molar-refractivity contribution in [1.82, 2.24) is 4.90 Å².